The second-order valence-electron chi connectivity index (χ2n) is 13.6. The summed E-state index contributed by atoms with van der Waals surface area (Å²) in [5.41, 5.74) is 12.2. The highest BCUT2D eigenvalue weighted by Gasteiger charge is 2.18. The van der Waals surface area contributed by atoms with Gasteiger partial charge >= 0.3 is 0 Å². The summed E-state index contributed by atoms with van der Waals surface area (Å²) < 4.78 is 36.9. The summed E-state index contributed by atoms with van der Waals surface area (Å²) in [6, 6.07) is 48.5. The van der Waals surface area contributed by atoms with Gasteiger partial charge in [-0.3, -0.25) is 9.97 Å². The van der Waals surface area contributed by atoms with E-state index in [1.54, 1.807) is 24.3 Å². The molecule has 51 heavy (non-hydrogen) atoms. The van der Waals surface area contributed by atoms with Gasteiger partial charge in [0, 0.05) is 34.6 Å². The van der Waals surface area contributed by atoms with Crippen molar-refractivity contribution < 1.29 is 5.48 Å². The number of hydrogen-bond donors (Lipinski definition) is 0. The summed E-state index contributed by atoms with van der Waals surface area (Å²) in [5.74, 6) is 0.619. The summed E-state index contributed by atoms with van der Waals surface area (Å²) in [4.78, 5) is 9.51. The van der Waals surface area contributed by atoms with Crippen molar-refractivity contribution in [2.45, 2.75) is 57.7 Å². The number of hydrogen-bond acceptors (Lipinski definition) is 2. The Bertz CT molecular complexity index is 2400. The van der Waals surface area contributed by atoms with Crippen molar-refractivity contribution >= 4 is 0 Å². The van der Waals surface area contributed by atoms with E-state index in [0.717, 1.165) is 55.8 Å². The van der Waals surface area contributed by atoms with Crippen molar-refractivity contribution in [3.63, 3.8) is 0 Å². The van der Waals surface area contributed by atoms with E-state index in [1.165, 1.54) is 43.9 Å². The van der Waals surface area contributed by atoms with Gasteiger partial charge in [-0.25, -0.2) is 0 Å². The van der Waals surface area contributed by atoms with Gasteiger partial charge in [-0.1, -0.05) is 158 Å². The van der Waals surface area contributed by atoms with Gasteiger partial charge in [0.15, 0.2) is 0 Å². The van der Waals surface area contributed by atoms with Gasteiger partial charge in [0.05, 0.1) is 11.4 Å². The minimum atomic E-state index is -2.37. The van der Waals surface area contributed by atoms with Crippen LogP contribution in [-0.2, 0) is 12.7 Å². The van der Waals surface area contributed by atoms with E-state index >= 15 is 0 Å². The molecule has 2 heteroatoms. The molecule has 1 aliphatic rings. The summed E-state index contributed by atoms with van der Waals surface area (Å²) in [6.07, 6.45) is 5.11. The predicted octanol–water partition coefficient (Wildman–Crippen LogP) is 13.0. The molecule has 0 unspecified atom stereocenters. The first-order valence-electron chi connectivity index (χ1n) is 20.1. The fourth-order valence-corrected chi connectivity index (χ4v) is 7.42. The van der Waals surface area contributed by atoms with Crippen LogP contribution in [0.1, 0.15) is 65.8 Å². The van der Waals surface area contributed by atoms with Crippen molar-refractivity contribution in [2.24, 2.45) is 0 Å². The Labute approximate surface area is 308 Å². The molecule has 7 aromatic rings. The van der Waals surface area contributed by atoms with Gasteiger partial charge in [0.2, 0.25) is 0 Å². The molecule has 0 spiro atoms. The molecule has 0 saturated heterocycles. The molecular formula is C49H44N2. The molecule has 2 nitrogen and oxygen atoms in total. The normalized spacial score (nSPS) is 15.0. The highest BCUT2D eigenvalue weighted by atomic mass is 14.7. The molecule has 0 bridgehead atoms. The van der Waals surface area contributed by atoms with E-state index < -0.39 is 12.7 Å². The van der Waals surface area contributed by atoms with E-state index in [-0.39, 0.29) is 11.1 Å². The maximum atomic E-state index is 9.30. The first kappa shape index (κ1) is 28.1. The molecule has 0 N–H and O–H groups in total. The van der Waals surface area contributed by atoms with Gasteiger partial charge in [-0.15, -0.1) is 0 Å². The third-order valence-electron chi connectivity index (χ3n) is 10.1. The van der Waals surface area contributed by atoms with Crippen molar-refractivity contribution in [1.29, 1.82) is 0 Å². The molecule has 1 aliphatic carbocycles. The summed E-state index contributed by atoms with van der Waals surface area (Å²) >= 11 is 0. The van der Waals surface area contributed by atoms with Crippen LogP contribution >= 0.6 is 0 Å². The SMILES string of the molecule is [2H]C([2H])(c1ccc(-c2ccccc2)nc1)C([2H])([2H])c1cc(C)cc(-c2ccccc2-c2cnc(-c3ccccc3)cc2-c2ccc(C3CCCCC3)cc2)c1. The Kier molecular flexibility index (Phi) is 8.34. The first-order chi connectivity index (χ1) is 26.7. The topological polar surface area (TPSA) is 25.8 Å². The monoisotopic (exact) mass is 664 g/mol. The molecule has 5 aromatic carbocycles. The maximum Gasteiger partial charge on any atom is 0.0708 e. The van der Waals surface area contributed by atoms with Crippen LogP contribution < -0.4 is 0 Å². The second-order valence-corrected chi connectivity index (χ2v) is 13.6. The number of aromatic nitrogens is 2. The first-order valence-corrected chi connectivity index (χ1v) is 18.1. The highest BCUT2D eigenvalue weighted by Crippen LogP contribution is 2.41. The standard InChI is InChI=1S/C49H44N2/c1-35-29-37(22-21-36-23-28-48(50-33-36)41-15-7-3-8-16-41)31-43(30-35)44-19-11-12-20-45(44)47-34-51-49(42-17-9-4-10-18-42)32-46(47)40-26-24-39(25-27-40)38-13-5-2-6-14-38/h3-4,7-12,15-20,23-34,38H,2,5-6,13-14,21-22H2,1H3/i21D2,22D2. The van der Waals surface area contributed by atoms with Crippen LogP contribution in [0.2, 0.25) is 0 Å². The molecule has 0 radical (unpaired) electrons. The van der Waals surface area contributed by atoms with Crippen LogP contribution in [0.3, 0.4) is 0 Å². The van der Waals surface area contributed by atoms with E-state index in [0.29, 0.717) is 11.6 Å². The van der Waals surface area contributed by atoms with Crippen LogP contribution in [0.25, 0.3) is 55.9 Å². The lowest BCUT2D eigenvalue weighted by Crippen LogP contribution is -2.04. The van der Waals surface area contributed by atoms with Crippen LogP contribution in [0.5, 0.6) is 0 Å². The van der Waals surface area contributed by atoms with E-state index in [1.807, 2.05) is 73.8 Å². The quantitative estimate of drug-likeness (QED) is 0.153. The van der Waals surface area contributed by atoms with Gasteiger partial charge in [0.25, 0.3) is 0 Å². The molecule has 8 rings (SSSR count). The Morgan fingerprint density at radius 3 is 1.84 bits per heavy atom. The van der Waals surface area contributed by atoms with Crippen LogP contribution in [-0.4, -0.2) is 9.97 Å². The van der Waals surface area contributed by atoms with Crippen molar-refractivity contribution in [1.82, 2.24) is 9.97 Å². The molecule has 250 valence electrons. The maximum absolute atomic E-state index is 9.30. The van der Waals surface area contributed by atoms with Gasteiger partial charge in [-0.05, 0) is 95.1 Å². The molecule has 0 aliphatic heterocycles. The zero-order valence-electron chi connectivity index (χ0n) is 33.0. The third kappa shape index (κ3) is 7.47. The smallest absolute Gasteiger partial charge is 0.0708 e. The van der Waals surface area contributed by atoms with E-state index in [9.17, 15) is 2.74 Å². The lowest BCUT2D eigenvalue weighted by molar-refractivity contribution is 0.443. The predicted molar refractivity (Wildman–Crippen MR) is 214 cm³/mol. The third-order valence-corrected chi connectivity index (χ3v) is 10.1. The summed E-state index contributed by atoms with van der Waals surface area (Å²) in [6.45, 7) is 1.94. The number of pyridine rings is 2. The molecular weight excluding hydrogens is 617 g/mol. The van der Waals surface area contributed by atoms with E-state index in [4.69, 9.17) is 7.73 Å². The van der Waals surface area contributed by atoms with Crippen molar-refractivity contribution in [3.05, 3.63) is 180 Å². The van der Waals surface area contributed by atoms with Gasteiger partial charge < -0.3 is 0 Å². The average molecular weight is 665 g/mol. The summed E-state index contributed by atoms with van der Waals surface area (Å²) in [5, 5.41) is 0. The number of benzene rings is 5. The fraction of sp³-hybridized carbons (Fsp3) is 0.184. The lowest BCUT2D eigenvalue weighted by atomic mass is 9.83. The minimum absolute atomic E-state index is 0.185. The molecule has 1 fully saturated rings. The van der Waals surface area contributed by atoms with Crippen molar-refractivity contribution in [2.75, 3.05) is 0 Å². The Balaban J connectivity index is 1.19. The van der Waals surface area contributed by atoms with Crippen LogP contribution in [0.15, 0.2) is 158 Å². The molecule has 1 saturated carbocycles. The van der Waals surface area contributed by atoms with Crippen molar-refractivity contribution in [3.8, 4) is 55.9 Å². The Morgan fingerprint density at radius 1 is 0.490 bits per heavy atom. The zero-order valence-corrected chi connectivity index (χ0v) is 29.0. The fourth-order valence-electron chi connectivity index (χ4n) is 7.42. The molecule has 2 heterocycles. The lowest BCUT2D eigenvalue weighted by Gasteiger charge is -2.22. The molecule has 0 amide bonds. The van der Waals surface area contributed by atoms with Crippen LogP contribution in [0.4, 0.5) is 0 Å². The van der Waals surface area contributed by atoms with Gasteiger partial charge in [-0.2, -0.15) is 0 Å². The highest BCUT2D eigenvalue weighted by molar-refractivity contribution is 5.92. The average Bonchev–Trinajstić information content (AvgIpc) is 3.24. The minimum Gasteiger partial charge on any atom is -0.256 e. The molecule has 0 atom stereocenters. The molecule has 2 aromatic heterocycles. The van der Waals surface area contributed by atoms with Crippen LogP contribution in [0, 0.1) is 6.92 Å². The number of nitrogens with zero attached hydrogens (tertiary/aromatic N) is 2. The number of rotatable bonds is 9. The zero-order chi connectivity index (χ0) is 38.0. The van der Waals surface area contributed by atoms with Gasteiger partial charge in [0.1, 0.15) is 0 Å². The largest absolute Gasteiger partial charge is 0.256 e. The number of aryl methyl sites for hydroxylation is 3. The van der Waals surface area contributed by atoms with E-state index in [2.05, 4.69) is 65.6 Å². The summed E-state index contributed by atoms with van der Waals surface area (Å²) in [7, 11) is 0. The Morgan fingerprint density at radius 2 is 1.14 bits per heavy atom. The Hall–Kier alpha value is -5.60. The second kappa shape index (κ2) is 15.1.